The molecule has 30 heavy (non-hydrogen) atoms. The summed E-state index contributed by atoms with van der Waals surface area (Å²) in [6.07, 6.45) is 3.27. The van der Waals surface area contributed by atoms with E-state index in [1.54, 1.807) is 26.0 Å². The molecule has 8 heteroatoms. The lowest BCUT2D eigenvalue weighted by atomic mass is 10.0. The average molecular weight is 420 g/mol. The number of carbonyl (C=O) groups is 2. The van der Waals surface area contributed by atoms with Gasteiger partial charge in [0.2, 0.25) is 5.91 Å². The van der Waals surface area contributed by atoms with Crippen molar-refractivity contribution in [3.8, 4) is 11.5 Å². The Bertz CT molecular complexity index is 733. The van der Waals surface area contributed by atoms with Crippen LogP contribution in [0.4, 0.5) is 4.79 Å². The third kappa shape index (κ3) is 5.36. The van der Waals surface area contributed by atoms with Gasteiger partial charge in [-0.1, -0.05) is 6.07 Å². The van der Waals surface area contributed by atoms with Crippen LogP contribution >= 0.6 is 0 Å². The van der Waals surface area contributed by atoms with E-state index in [1.165, 1.54) is 0 Å². The maximum Gasteiger partial charge on any atom is 0.409 e. The third-order valence-electron chi connectivity index (χ3n) is 5.90. The second-order valence-electron chi connectivity index (χ2n) is 7.76. The average Bonchev–Trinajstić information content (AvgIpc) is 3.21. The van der Waals surface area contributed by atoms with Crippen molar-refractivity contribution in [3.63, 3.8) is 0 Å². The number of ether oxygens (including phenoxy) is 3. The number of carbonyl (C=O) groups excluding carboxylic acids is 2. The molecule has 1 aromatic carbocycles. The molecule has 0 saturated carbocycles. The Morgan fingerprint density at radius 1 is 1.10 bits per heavy atom. The van der Waals surface area contributed by atoms with Crippen molar-refractivity contribution in [1.29, 1.82) is 0 Å². The van der Waals surface area contributed by atoms with Gasteiger partial charge in [-0.25, -0.2) is 4.79 Å². The van der Waals surface area contributed by atoms with E-state index in [1.807, 2.05) is 18.2 Å². The third-order valence-corrected chi connectivity index (χ3v) is 5.90. The molecule has 0 spiro atoms. The second kappa shape index (κ2) is 10.5. The van der Waals surface area contributed by atoms with Gasteiger partial charge in [-0.05, 0) is 45.2 Å². The minimum atomic E-state index is -0.268. The molecule has 2 heterocycles. The van der Waals surface area contributed by atoms with Crippen molar-refractivity contribution in [3.05, 3.63) is 23.8 Å². The van der Waals surface area contributed by atoms with Crippen LogP contribution in [0.2, 0.25) is 0 Å². The highest BCUT2D eigenvalue weighted by molar-refractivity contribution is 5.78. The minimum absolute atomic E-state index is 0.0314. The van der Waals surface area contributed by atoms with Crippen molar-refractivity contribution in [2.24, 2.45) is 0 Å². The van der Waals surface area contributed by atoms with E-state index in [4.69, 9.17) is 14.2 Å². The van der Waals surface area contributed by atoms with Crippen LogP contribution in [-0.4, -0.2) is 74.8 Å². The number of piperidine rings is 1. The van der Waals surface area contributed by atoms with Gasteiger partial charge in [0, 0.05) is 36.8 Å². The molecule has 166 valence electrons. The van der Waals surface area contributed by atoms with Gasteiger partial charge >= 0.3 is 6.09 Å². The lowest BCUT2D eigenvalue weighted by Gasteiger charge is -2.32. The van der Waals surface area contributed by atoms with Gasteiger partial charge in [0.25, 0.3) is 0 Å². The van der Waals surface area contributed by atoms with E-state index < -0.39 is 0 Å². The van der Waals surface area contributed by atoms with Crippen LogP contribution in [0.3, 0.4) is 0 Å². The van der Waals surface area contributed by atoms with Crippen LogP contribution in [0, 0.1) is 0 Å². The van der Waals surface area contributed by atoms with Crippen LogP contribution in [0.5, 0.6) is 11.5 Å². The molecule has 2 fully saturated rings. The summed E-state index contributed by atoms with van der Waals surface area (Å²) in [4.78, 5) is 28.4. The molecule has 0 aromatic heterocycles. The smallest absolute Gasteiger partial charge is 0.409 e. The van der Waals surface area contributed by atoms with Crippen LogP contribution < -0.4 is 14.8 Å². The predicted octanol–water partition coefficient (Wildman–Crippen LogP) is 2.58. The van der Waals surface area contributed by atoms with E-state index in [2.05, 4.69) is 10.2 Å². The minimum Gasteiger partial charge on any atom is -0.497 e. The van der Waals surface area contributed by atoms with E-state index in [9.17, 15) is 9.59 Å². The summed E-state index contributed by atoms with van der Waals surface area (Å²) in [7, 11) is 3.30. The number of hydrogen-bond acceptors (Lipinski definition) is 6. The first-order valence-electron chi connectivity index (χ1n) is 10.7. The molecule has 2 aliphatic heterocycles. The molecule has 3 rings (SSSR count). The highest BCUT2D eigenvalue weighted by atomic mass is 16.6. The van der Waals surface area contributed by atoms with Gasteiger partial charge in [0.1, 0.15) is 11.5 Å². The molecule has 0 radical (unpaired) electrons. The standard InChI is InChI=1S/C22H33N3O5/c1-4-30-22(27)24-12-9-16(10-13-24)23-21(26)15-25-11-5-6-19(25)18-8-7-17(28-2)14-20(18)29-3/h7-8,14,16,19H,4-6,9-13,15H2,1-3H3,(H,23,26)/t19-/m1/s1. The number of nitrogens with one attached hydrogen (secondary N) is 1. The van der Waals surface area contributed by atoms with Gasteiger partial charge in [-0.3, -0.25) is 9.69 Å². The van der Waals surface area contributed by atoms with Crippen LogP contribution in [-0.2, 0) is 9.53 Å². The van der Waals surface area contributed by atoms with Gasteiger partial charge in [0.15, 0.2) is 0 Å². The first-order chi connectivity index (χ1) is 14.5. The zero-order valence-electron chi connectivity index (χ0n) is 18.2. The molecule has 2 amide bonds. The molecule has 1 aromatic rings. The quantitative estimate of drug-likeness (QED) is 0.732. The Morgan fingerprint density at radius 2 is 1.87 bits per heavy atom. The Balaban J connectivity index is 1.53. The summed E-state index contributed by atoms with van der Waals surface area (Å²) in [5.41, 5.74) is 1.09. The van der Waals surface area contributed by atoms with Gasteiger partial charge in [0.05, 0.1) is 27.4 Å². The molecule has 8 nitrogen and oxygen atoms in total. The Labute approximate surface area is 178 Å². The molecular formula is C22H33N3O5. The monoisotopic (exact) mass is 419 g/mol. The van der Waals surface area contributed by atoms with E-state index in [0.29, 0.717) is 26.2 Å². The van der Waals surface area contributed by atoms with Crippen molar-refractivity contribution in [1.82, 2.24) is 15.1 Å². The maximum atomic E-state index is 12.7. The SMILES string of the molecule is CCOC(=O)N1CCC(NC(=O)CN2CCC[C@@H]2c2ccc(OC)cc2OC)CC1. The van der Waals surface area contributed by atoms with Crippen molar-refractivity contribution in [2.75, 3.05) is 47.0 Å². The topological polar surface area (TPSA) is 80.3 Å². The Morgan fingerprint density at radius 3 is 2.53 bits per heavy atom. The molecule has 2 aliphatic rings. The Hall–Kier alpha value is -2.48. The van der Waals surface area contributed by atoms with Gasteiger partial charge < -0.3 is 24.4 Å². The summed E-state index contributed by atoms with van der Waals surface area (Å²) >= 11 is 0. The molecule has 2 saturated heterocycles. The molecular weight excluding hydrogens is 386 g/mol. The highest BCUT2D eigenvalue weighted by Crippen LogP contribution is 2.38. The largest absolute Gasteiger partial charge is 0.497 e. The van der Waals surface area contributed by atoms with Crippen LogP contribution in [0.25, 0.3) is 0 Å². The number of likely N-dealkylation sites (tertiary alicyclic amines) is 2. The number of amides is 2. The number of methoxy groups -OCH3 is 2. The Kier molecular flexibility index (Phi) is 7.79. The number of benzene rings is 1. The molecule has 1 atom stereocenters. The number of nitrogens with zero attached hydrogens (tertiary/aromatic N) is 2. The van der Waals surface area contributed by atoms with Crippen molar-refractivity contribution < 1.29 is 23.8 Å². The van der Waals surface area contributed by atoms with Crippen LogP contribution in [0.1, 0.15) is 44.2 Å². The summed E-state index contributed by atoms with van der Waals surface area (Å²) in [5, 5.41) is 3.15. The maximum absolute atomic E-state index is 12.7. The molecule has 1 N–H and O–H groups in total. The normalized spacial score (nSPS) is 20.1. The first-order valence-corrected chi connectivity index (χ1v) is 10.7. The van der Waals surface area contributed by atoms with Crippen LogP contribution in [0.15, 0.2) is 18.2 Å². The van der Waals surface area contributed by atoms with Gasteiger partial charge in [-0.15, -0.1) is 0 Å². The van der Waals surface area contributed by atoms with Gasteiger partial charge in [-0.2, -0.15) is 0 Å². The number of rotatable bonds is 7. The zero-order chi connectivity index (χ0) is 21.5. The van der Waals surface area contributed by atoms with Crippen molar-refractivity contribution >= 4 is 12.0 Å². The predicted molar refractivity (Wildman–Crippen MR) is 113 cm³/mol. The van der Waals surface area contributed by atoms with Crippen molar-refractivity contribution in [2.45, 2.75) is 44.7 Å². The first kappa shape index (κ1) is 22.2. The summed E-state index contributed by atoms with van der Waals surface area (Å²) in [5.74, 6) is 1.58. The second-order valence-corrected chi connectivity index (χ2v) is 7.76. The van der Waals surface area contributed by atoms with E-state index in [-0.39, 0.29) is 24.1 Å². The lowest BCUT2D eigenvalue weighted by molar-refractivity contribution is -0.123. The fourth-order valence-corrected chi connectivity index (χ4v) is 4.34. The fraction of sp³-hybridized carbons (Fsp3) is 0.636. The number of hydrogen-bond donors (Lipinski definition) is 1. The highest BCUT2D eigenvalue weighted by Gasteiger charge is 2.31. The van der Waals surface area contributed by atoms with E-state index in [0.717, 1.165) is 49.3 Å². The molecule has 0 aliphatic carbocycles. The fourth-order valence-electron chi connectivity index (χ4n) is 4.34. The lowest BCUT2D eigenvalue weighted by Crippen LogP contribution is -2.48. The zero-order valence-corrected chi connectivity index (χ0v) is 18.2. The summed E-state index contributed by atoms with van der Waals surface area (Å²) < 4.78 is 15.9. The van der Waals surface area contributed by atoms with E-state index >= 15 is 0 Å². The summed E-state index contributed by atoms with van der Waals surface area (Å²) in [6.45, 7) is 4.65. The molecule has 0 unspecified atom stereocenters. The molecule has 0 bridgehead atoms. The summed E-state index contributed by atoms with van der Waals surface area (Å²) in [6, 6.07) is 6.11.